The number of hydrogen-bond acceptors (Lipinski definition) is 14. The van der Waals surface area contributed by atoms with Gasteiger partial charge in [0.15, 0.2) is 17.5 Å². The second kappa shape index (κ2) is 16.6. The molecule has 3 aromatic rings. The molecule has 2 bridgehead atoms. The number of aliphatic hydroxyl groups is 3. The maximum Gasteiger partial charge on any atom is 0.338 e. The lowest BCUT2D eigenvalue weighted by atomic mass is 9.44. The van der Waals surface area contributed by atoms with Gasteiger partial charge in [0.1, 0.15) is 36.8 Å². The predicted octanol–water partition coefficient (Wildman–Crippen LogP) is 3.89. The van der Waals surface area contributed by atoms with Crippen molar-refractivity contribution in [2.75, 3.05) is 13.4 Å². The third-order valence-electron chi connectivity index (χ3n) is 13.4. The first-order chi connectivity index (χ1) is 28.5. The normalized spacial score (nSPS) is 32.8. The van der Waals surface area contributed by atoms with Gasteiger partial charge in [0.05, 0.1) is 42.3 Å². The summed E-state index contributed by atoms with van der Waals surface area (Å²) in [5, 5.41) is 37.7. The van der Waals surface area contributed by atoms with E-state index in [9.17, 15) is 29.7 Å². The Balaban J connectivity index is 1.32. The summed E-state index contributed by atoms with van der Waals surface area (Å²) in [7, 11) is 0. The molecule has 3 aromatic carbocycles. The van der Waals surface area contributed by atoms with E-state index in [-0.39, 0.29) is 43.1 Å². The molecule has 1 saturated heterocycles. The molecule has 0 amide bonds. The molecule has 3 fully saturated rings. The molecule has 11 atom stereocenters. The summed E-state index contributed by atoms with van der Waals surface area (Å²) in [4.78, 5) is 56.6. The van der Waals surface area contributed by atoms with Gasteiger partial charge in [0, 0.05) is 25.2 Å². The van der Waals surface area contributed by atoms with Crippen molar-refractivity contribution in [2.45, 2.75) is 108 Å². The quantitative estimate of drug-likeness (QED) is 0.0672. The minimum absolute atomic E-state index is 0.0104. The largest absolute Gasteiger partial charge is 0.456 e. The molecular formula is C46H53NO13. The number of carbonyl (C=O) groups is 4. The van der Waals surface area contributed by atoms with Crippen molar-refractivity contribution in [1.29, 1.82) is 0 Å². The van der Waals surface area contributed by atoms with E-state index in [0.29, 0.717) is 5.56 Å². The number of fused-ring (bicyclic) bond motifs is 5. The van der Waals surface area contributed by atoms with Crippen LogP contribution in [0, 0.1) is 16.7 Å². The first-order valence-electron chi connectivity index (χ1n) is 20.1. The van der Waals surface area contributed by atoms with Crippen molar-refractivity contribution in [1.82, 2.24) is 0 Å². The lowest BCUT2D eigenvalue weighted by molar-refractivity contribution is -0.346. The van der Waals surface area contributed by atoms with Gasteiger partial charge in [-0.2, -0.15) is 0 Å². The zero-order valence-electron chi connectivity index (χ0n) is 34.3. The minimum atomic E-state index is -2.29. The number of esters is 3. The van der Waals surface area contributed by atoms with E-state index >= 15 is 4.79 Å². The van der Waals surface area contributed by atoms with E-state index in [0.717, 1.165) is 5.56 Å². The van der Waals surface area contributed by atoms with Crippen LogP contribution in [0.2, 0.25) is 0 Å². The van der Waals surface area contributed by atoms with E-state index < -0.39 is 101 Å². The fraction of sp³-hybridized carbons (Fsp3) is 0.478. The van der Waals surface area contributed by atoms with Crippen molar-refractivity contribution in [3.63, 3.8) is 0 Å². The molecule has 4 aliphatic rings. The number of ketones is 1. The highest BCUT2D eigenvalue weighted by molar-refractivity contribution is 5.94. The van der Waals surface area contributed by atoms with Gasteiger partial charge in [-0.25, -0.2) is 9.59 Å². The van der Waals surface area contributed by atoms with Crippen molar-refractivity contribution in [3.05, 3.63) is 119 Å². The fourth-order valence-electron chi connectivity index (χ4n) is 10.0. The van der Waals surface area contributed by atoms with Crippen LogP contribution >= 0.6 is 0 Å². The van der Waals surface area contributed by atoms with Crippen LogP contribution in [-0.2, 0) is 49.4 Å². The van der Waals surface area contributed by atoms with Gasteiger partial charge in [-0.05, 0) is 48.3 Å². The van der Waals surface area contributed by atoms with Gasteiger partial charge in [-0.1, -0.05) is 92.7 Å². The highest BCUT2D eigenvalue weighted by atomic mass is 16.7. The average Bonchev–Trinajstić information content (AvgIpc) is 3.22. The smallest absolute Gasteiger partial charge is 0.338 e. The van der Waals surface area contributed by atoms with Gasteiger partial charge in [0.2, 0.25) is 0 Å². The zero-order valence-corrected chi connectivity index (χ0v) is 34.3. The predicted molar refractivity (Wildman–Crippen MR) is 213 cm³/mol. The maximum atomic E-state index is 15.0. The zero-order chi connectivity index (χ0) is 43.2. The summed E-state index contributed by atoms with van der Waals surface area (Å²) in [6.45, 7) is 6.97. The van der Waals surface area contributed by atoms with Gasteiger partial charge in [0.25, 0.3) is 0 Å². The molecule has 14 nitrogen and oxygen atoms in total. The lowest BCUT2D eigenvalue weighted by Crippen LogP contribution is -2.81. The number of benzene rings is 3. The SMILES string of the molecule is CC(=O)OC12COC1CC(O)C1(C)C(=O)C(O)C3=C(C)C(OC(=O)C(OCOCc4ccccc4)C(N)c4ccccc4)CC(O)(C(OC(=O)c4ccccc4)C21)C3(C)C. The summed E-state index contributed by atoms with van der Waals surface area (Å²) in [5.74, 6) is -4.89. The maximum absolute atomic E-state index is 15.0. The summed E-state index contributed by atoms with van der Waals surface area (Å²) in [5.41, 5.74) is 0.958. The Bertz CT molecular complexity index is 2110. The Hall–Kier alpha value is -4.80. The lowest BCUT2D eigenvalue weighted by Gasteiger charge is -2.67. The van der Waals surface area contributed by atoms with Crippen LogP contribution in [0.15, 0.2) is 102 Å². The molecule has 14 heteroatoms. The molecule has 320 valence electrons. The number of hydrogen-bond donors (Lipinski definition) is 4. The van der Waals surface area contributed by atoms with E-state index in [1.165, 1.54) is 26.0 Å². The van der Waals surface area contributed by atoms with Crippen molar-refractivity contribution in [3.8, 4) is 0 Å². The molecule has 1 heterocycles. The topological polar surface area (TPSA) is 210 Å². The monoisotopic (exact) mass is 827 g/mol. The average molecular weight is 828 g/mol. The second-order valence-corrected chi connectivity index (χ2v) is 17.1. The molecule has 2 saturated carbocycles. The highest BCUT2D eigenvalue weighted by Gasteiger charge is 2.78. The molecule has 7 rings (SSSR count). The van der Waals surface area contributed by atoms with E-state index in [1.807, 2.05) is 30.3 Å². The molecule has 5 N–H and O–H groups in total. The van der Waals surface area contributed by atoms with Gasteiger partial charge >= 0.3 is 17.9 Å². The Labute approximate surface area is 348 Å². The fourth-order valence-corrected chi connectivity index (χ4v) is 10.0. The summed E-state index contributed by atoms with van der Waals surface area (Å²) < 4.78 is 36.3. The van der Waals surface area contributed by atoms with Crippen LogP contribution in [0.3, 0.4) is 0 Å². The second-order valence-electron chi connectivity index (χ2n) is 17.1. The Morgan fingerprint density at radius 2 is 1.53 bits per heavy atom. The number of carbonyl (C=O) groups excluding carboxylic acids is 4. The van der Waals surface area contributed by atoms with E-state index in [2.05, 4.69) is 0 Å². The van der Waals surface area contributed by atoms with Crippen LogP contribution in [-0.4, -0.2) is 100 Å². The molecule has 60 heavy (non-hydrogen) atoms. The van der Waals surface area contributed by atoms with Crippen molar-refractivity contribution >= 4 is 23.7 Å². The molecule has 1 aliphatic heterocycles. The standard InChI is InChI=1S/C46H53NO13/c1-26-31(58-42(53)37(35(47)29-17-11-7-12-18-29)57-25-55-23-28-15-9-6-10-16-28)22-46(54)40(59-41(52)30-19-13-8-14-20-30)38-44(5,39(51)36(50)34(26)43(46,3)4)32(49)21-33-45(38,24-56-33)60-27(2)48/h6-20,31-33,35-38,40,49-50,54H,21-25,47H2,1-5H3. The molecular weight excluding hydrogens is 774 g/mol. The first kappa shape index (κ1) is 43.3. The number of nitrogens with two attached hydrogens (primary N) is 1. The van der Waals surface area contributed by atoms with Crippen molar-refractivity contribution in [2.24, 2.45) is 22.5 Å². The van der Waals surface area contributed by atoms with E-state index in [4.69, 9.17) is 34.2 Å². The van der Waals surface area contributed by atoms with Crippen LogP contribution in [0.4, 0.5) is 0 Å². The van der Waals surface area contributed by atoms with Gasteiger partial charge in [-0.3, -0.25) is 9.59 Å². The molecule has 3 aliphatic carbocycles. The highest BCUT2D eigenvalue weighted by Crippen LogP contribution is 2.64. The van der Waals surface area contributed by atoms with Crippen LogP contribution in [0.1, 0.15) is 75.0 Å². The molecule has 11 unspecified atom stereocenters. The van der Waals surface area contributed by atoms with E-state index in [1.54, 1.807) is 69.3 Å². The van der Waals surface area contributed by atoms with Crippen LogP contribution < -0.4 is 5.73 Å². The van der Waals surface area contributed by atoms with Crippen LogP contribution in [0.25, 0.3) is 0 Å². The van der Waals surface area contributed by atoms with Crippen molar-refractivity contribution < 1.29 is 62.9 Å². The minimum Gasteiger partial charge on any atom is -0.456 e. The Morgan fingerprint density at radius 1 is 0.917 bits per heavy atom. The summed E-state index contributed by atoms with van der Waals surface area (Å²) in [6, 6.07) is 25.1. The Kier molecular flexibility index (Phi) is 12.0. The number of rotatable bonds is 12. The molecule has 0 spiro atoms. The first-order valence-corrected chi connectivity index (χ1v) is 20.1. The number of Topliss-reactive ketones (excluding diaryl/α,β-unsaturated/α-hetero) is 1. The molecule has 0 aromatic heterocycles. The number of ether oxygens (including phenoxy) is 6. The summed E-state index contributed by atoms with van der Waals surface area (Å²) in [6.07, 6.45) is -9.54. The van der Waals surface area contributed by atoms with Gasteiger partial charge in [-0.15, -0.1) is 0 Å². The summed E-state index contributed by atoms with van der Waals surface area (Å²) >= 11 is 0. The molecule has 0 radical (unpaired) electrons. The third-order valence-corrected chi connectivity index (χ3v) is 13.4. The van der Waals surface area contributed by atoms with Gasteiger partial charge < -0.3 is 49.5 Å². The number of aliphatic hydroxyl groups excluding tert-OH is 2. The third kappa shape index (κ3) is 7.27. The van der Waals surface area contributed by atoms with Crippen LogP contribution in [0.5, 0.6) is 0 Å². The Morgan fingerprint density at radius 3 is 2.13 bits per heavy atom.